The molecular weight excluding hydrogens is 501 g/mol. The monoisotopic (exact) mass is 535 g/mol. The second-order valence-corrected chi connectivity index (χ2v) is 8.36. The molecule has 1 aliphatic carbocycles. The highest BCUT2D eigenvalue weighted by atomic mass is 127. The second kappa shape index (κ2) is 11.5. The number of ether oxygens (including phenoxy) is 1. The molecule has 0 spiro atoms. The molecule has 2 heterocycles. The third-order valence-corrected chi connectivity index (χ3v) is 5.76. The molecule has 6 nitrogen and oxygen atoms in total. The topological polar surface area (TPSA) is 61.8 Å². The smallest absolute Gasteiger partial charge is 0.191 e. The van der Waals surface area contributed by atoms with Crippen LogP contribution in [0.15, 0.2) is 41.5 Å². The third kappa shape index (κ3) is 6.98. The van der Waals surface area contributed by atoms with Crippen LogP contribution in [0.2, 0.25) is 0 Å². The number of anilines is 1. The van der Waals surface area contributed by atoms with Gasteiger partial charge in [0.25, 0.3) is 0 Å². The van der Waals surface area contributed by atoms with Crippen molar-refractivity contribution in [2.75, 3.05) is 31.6 Å². The zero-order chi connectivity index (χ0) is 20.8. The molecule has 7 heteroatoms. The molecule has 2 N–H and O–H groups in total. The van der Waals surface area contributed by atoms with Gasteiger partial charge in [0.15, 0.2) is 5.96 Å². The van der Waals surface area contributed by atoms with Crippen molar-refractivity contribution in [1.29, 1.82) is 0 Å². The maximum atomic E-state index is 6.09. The maximum Gasteiger partial charge on any atom is 0.191 e. The largest absolute Gasteiger partial charge is 0.493 e. The summed E-state index contributed by atoms with van der Waals surface area (Å²) in [5, 5.41) is 6.84. The van der Waals surface area contributed by atoms with E-state index in [9.17, 15) is 0 Å². The molecule has 4 rings (SSSR count). The van der Waals surface area contributed by atoms with Gasteiger partial charge in [0.2, 0.25) is 0 Å². The van der Waals surface area contributed by atoms with Gasteiger partial charge < -0.3 is 20.3 Å². The number of guanidine groups is 1. The Morgan fingerprint density at radius 3 is 2.65 bits per heavy atom. The molecule has 0 radical (unpaired) electrons. The van der Waals surface area contributed by atoms with Crippen LogP contribution in [0.4, 0.5) is 5.82 Å². The molecule has 168 valence electrons. The molecule has 1 saturated heterocycles. The van der Waals surface area contributed by atoms with Crippen molar-refractivity contribution in [1.82, 2.24) is 15.6 Å². The first-order valence-corrected chi connectivity index (χ1v) is 11.1. The Morgan fingerprint density at radius 2 is 1.90 bits per heavy atom. The van der Waals surface area contributed by atoms with Crippen LogP contribution in [0, 0.1) is 12.8 Å². The first-order chi connectivity index (χ1) is 14.7. The van der Waals surface area contributed by atoms with Crippen LogP contribution >= 0.6 is 24.0 Å². The molecule has 2 fully saturated rings. The number of aliphatic imine (C=N–C) groups is 1. The van der Waals surface area contributed by atoms with Crippen LogP contribution in [0.3, 0.4) is 0 Å². The minimum atomic E-state index is 0. The molecule has 1 saturated carbocycles. The van der Waals surface area contributed by atoms with E-state index in [1.807, 2.05) is 6.20 Å². The van der Waals surface area contributed by atoms with E-state index in [1.165, 1.54) is 36.8 Å². The highest BCUT2D eigenvalue weighted by molar-refractivity contribution is 14.0. The van der Waals surface area contributed by atoms with Gasteiger partial charge >= 0.3 is 0 Å². The van der Waals surface area contributed by atoms with Crippen LogP contribution in [-0.4, -0.2) is 37.7 Å². The van der Waals surface area contributed by atoms with E-state index in [-0.39, 0.29) is 24.0 Å². The number of aryl methyl sites for hydroxylation is 1. The summed E-state index contributed by atoms with van der Waals surface area (Å²) in [7, 11) is 1.80. The molecule has 0 bridgehead atoms. The maximum absolute atomic E-state index is 6.09. The van der Waals surface area contributed by atoms with Crippen molar-refractivity contribution in [3.63, 3.8) is 0 Å². The number of rotatable bonds is 8. The average molecular weight is 535 g/mol. The Balaban J connectivity index is 0.00000272. The van der Waals surface area contributed by atoms with Crippen molar-refractivity contribution in [3.05, 3.63) is 53.2 Å². The molecule has 2 aromatic rings. The third-order valence-electron chi connectivity index (χ3n) is 5.76. The minimum absolute atomic E-state index is 0. The number of hydrogen-bond acceptors (Lipinski definition) is 4. The molecule has 1 aromatic carbocycles. The van der Waals surface area contributed by atoms with Crippen molar-refractivity contribution in [3.8, 4) is 5.75 Å². The highest BCUT2D eigenvalue weighted by Crippen LogP contribution is 2.30. The summed E-state index contributed by atoms with van der Waals surface area (Å²) in [5.74, 6) is 3.58. The fraction of sp³-hybridized carbons (Fsp3) is 0.500. The van der Waals surface area contributed by atoms with Crippen molar-refractivity contribution >= 4 is 35.8 Å². The standard InChI is InChI=1S/C24H33N5O.HI/c1-18-5-8-21(22(13-18)30-17-19-6-7-19)16-28-24(25-2)27-15-20-9-10-26-23(14-20)29-11-3-4-12-29;/h5,8-10,13-14,19H,3-4,6-7,11-12,15-17H2,1-2H3,(H2,25,27,28);1H. The summed E-state index contributed by atoms with van der Waals surface area (Å²) in [6, 6.07) is 10.6. The van der Waals surface area contributed by atoms with E-state index in [4.69, 9.17) is 4.74 Å². The molecule has 0 amide bonds. The average Bonchev–Trinajstić information content (AvgIpc) is 3.44. The molecule has 1 aliphatic heterocycles. The number of nitrogens with one attached hydrogen (secondary N) is 2. The lowest BCUT2D eigenvalue weighted by Gasteiger charge is -2.18. The Labute approximate surface area is 202 Å². The molecular formula is C24H34IN5O. The lowest BCUT2D eigenvalue weighted by molar-refractivity contribution is 0.296. The lowest BCUT2D eigenvalue weighted by Crippen LogP contribution is -2.36. The van der Waals surface area contributed by atoms with E-state index >= 15 is 0 Å². The summed E-state index contributed by atoms with van der Waals surface area (Å²) in [6.07, 6.45) is 7.00. The number of hydrogen-bond donors (Lipinski definition) is 2. The van der Waals surface area contributed by atoms with Crippen LogP contribution in [-0.2, 0) is 13.1 Å². The summed E-state index contributed by atoms with van der Waals surface area (Å²) in [6.45, 7) is 6.53. The van der Waals surface area contributed by atoms with Gasteiger partial charge in [-0.3, -0.25) is 4.99 Å². The van der Waals surface area contributed by atoms with Crippen molar-refractivity contribution in [2.45, 2.75) is 45.7 Å². The molecule has 1 aromatic heterocycles. The second-order valence-electron chi connectivity index (χ2n) is 8.36. The zero-order valence-electron chi connectivity index (χ0n) is 18.6. The van der Waals surface area contributed by atoms with E-state index < -0.39 is 0 Å². The van der Waals surface area contributed by atoms with Gasteiger partial charge in [-0.2, -0.15) is 0 Å². The van der Waals surface area contributed by atoms with E-state index in [2.05, 4.69) is 62.8 Å². The van der Waals surface area contributed by atoms with Crippen LogP contribution in [0.25, 0.3) is 0 Å². The summed E-state index contributed by atoms with van der Waals surface area (Å²) < 4.78 is 6.09. The Morgan fingerprint density at radius 1 is 1.13 bits per heavy atom. The predicted molar refractivity (Wildman–Crippen MR) is 138 cm³/mol. The van der Waals surface area contributed by atoms with Gasteiger partial charge in [0.05, 0.1) is 6.61 Å². The Bertz CT molecular complexity index is 878. The Hall–Kier alpha value is -2.03. The van der Waals surface area contributed by atoms with Gasteiger partial charge in [-0.25, -0.2) is 4.98 Å². The van der Waals surface area contributed by atoms with Gasteiger partial charge in [0.1, 0.15) is 11.6 Å². The van der Waals surface area contributed by atoms with Crippen LogP contribution < -0.4 is 20.3 Å². The molecule has 0 unspecified atom stereocenters. The van der Waals surface area contributed by atoms with E-state index in [1.54, 1.807) is 7.05 Å². The highest BCUT2D eigenvalue weighted by Gasteiger charge is 2.22. The van der Waals surface area contributed by atoms with Gasteiger partial charge in [-0.15, -0.1) is 24.0 Å². The number of aromatic nitrogens is 1. The quantitative estimate of drug-likeness (QED) is 0.301. The fourth-order valence-corrected chi connectivity index (χ4v) is 3.71. The minimum Gasteiger partial charge on any atom is -0.493 e. The number of benzene rings is 1. The van der Waals surface area contributed by atoms with E-state index in [0.717, 1.165) is 48.7 Å². The first-order valence-electron chi connectivity index (χ1n) is 11.1. The fourth-order valence-electron chi connectivity index (χ4n) is 3.71. The molecule has 2 aliphatic rings. The van der Waals surface area contributed by atoms with Gasteiger partial charge in [0, 0.05) is 45.0 Å². The number of nitrogens with zero attached hydrogens (tertiary/aromatic N) is 3. The molecule has 0 atom stereocenters. The molecule has 31 heavy (non-hydrogen) atoms. The van der Waals surface area contributed by atoms with E-state index in [0.29, 0.717) is 13.1 Å². The van der Waals surface area contributed by atoms with Crippen molar-refractivity contribution in [2.24, 2.45) is 10.9 Å². The first kappa shape index (κ1) is 23.6. The van der Waals surface area contributed by atoms with Crippen LogP contribution in [0.5, 0.6) is 5.75 Å². The van der Waals surface area contributed by atoms with Crippen LogP contribution in [0.1, 0.15) is 42.4 Å². The Kier molecular flexibility index (Phi) is 8.80. The van der Waals surface area contributed by atoms with Crippen molar-refractivity contribution < 1.29 is 4.74 Å². The number of pyridine rings is 1. The summed E-state index contributed by atoms with van der Waals surface area (Å²) >= 11 is 0. The number of halogens is 1. The SMILES string of the molecule is CN=C(NCc1ccnc(N2CCCC2)c1)NCc1ccc(C)cc1OCC1CC1.I. The van der Waals surface area contributed by atoms with Gasteiger partial charge in [-0.05, 0) is 67.9 Å². The zero-order valence-corrected chi connectivity index (χ0v) is 20.9. The summed E-state index contributed by atoms with van der Waals surface area (Å²) in [4.78, 5) is 11.3. The lowest BCUT2D eigenvalue weighted by atomic mass is 10.1. The summed E-state index contributed by atoms with van der Waals surface area (Å²) in [5.41, 5.74) is 3.58. The normalized spacial score (nSPS) is 16.1. The predicted octanol–water partition coefficient (Wildman–Crippen LogP) is 4.26. The van der Waals surface area contributed by atoms with Gasteiger partial charge in [-0.1, -0.05) is 12.1 Å².